The average Bonchev–Trinajstić information content (AvgIpc) is 2.61. The van der Waals surface area contributed by atoms with Gasteiger partial charge in [0, 0.05) is 0 Å². The third-order valence-electron chi connectivity index (χ3n) is 5.28. The van der Waals surface area contributed by atoms with Gasteiger partial charge in [-0.1, -0.05) is 114 Å². The summed E-state index contributed by atoms with van der Waals surface area (Å²) in [7, 11) is 0. The highest BCUT2D eigenvalue weighted by molar-refractivity contribution is 5.69. The molecule has 0 N–H and O–H groups in total. The van der Waals surface area contributed by atoms with Crippen LogP contribution in [0.1, 0.15) is 63.8 Å². The quantitative estimate of drug-likeness (QED) is 0.455. The molecule has 0 aliphatic carbocycles. The van der Waals surface area contributed by atoms with Crippen molar-refractivity contribution in [2.24, 2.45) is 0 Å². The summed E-state index contributed by atoms with van der Waals surface area (Å²) in [5.74, 6) is 0. The monoisotopic (exact) mass is 356 g/mol. The van der Waals surface area contributed by atoms with Gasteiger partial charge in [0.25, 0.3) is 0 Å². The Morgan fingerprint density at radius 1 is 0.593 bits per heavy atom. The molecule has 3 aromatic carbocycles. The maximum absolute atomic E-state index is 2.38. The summed E-state index contributed by atoms with van der Waals surface area (Å²) < 4.78 is 0. The Bertz CT molecular complexity index is 886. The van der Waals surface area contributed by atoms with Crippen molar-refractivity contribution in [3.8, 4) is 11.1 Å². The molecule has 3 aromatic rings. The maximum atomic E-state index is 2.38. The molecule has 0 fully saturated rings. The Morgan fingerprint density at radius 2 is 1.15 bits per heavy atom. The predicted octanol–water partition coefficient (Wildman–Crippen LogP) is 7.54. The first-order valence-corrected chi connectivity index (χ1v) is 9.93. The van der Waals surface area contributed by atoms with E-state index < -0.39 is 0 Å². The predicted molar refractivity (Wildman–Crippen MR) is 119 cm³/mol. The van der Waals surface area contributed by atoms with Crippen LogP contribution in [0.25, 0.3) is 11.1 Å². The number of hydrogen-bond acceptors (Lipinski definition) is 0. The standard InChI is InChI=1S/C27H32/c1-26(2,3)23-15-12-20(13-16-23)18-22-14-17-24(27(4,5)6)19-25(22)21-10-8-7-9-11-21/h7-17,19H,18H2,1-6H3. The van der Waals surface area contributed by atoms with Crippen LogP contribution in [0.5, 0.6) is 0 Å². The van der Waals surface area contributed by atoms with Crippen LogP contribution in [0.3, 0.4) is 0 Å². The summed E-state index contributed by atoms with van der Waals surface area (Å²) >= 11 is 0. The summed E-state index contributed by atoms with van der Waals surface area (Å²) in [5, 5.41) is 0. The van der Waals surface area contributed by atoms with Crippen LogP contribution < -0.4 is 0 Å². The first-order valence-electron chi connectivity index (χ1n) is 9.93. The second-order valence-electron chi connectivity index (χ2n) is 9.61. The van der Waals surface area contributed by atoms with Gasteiger partial charge in [0.1, 0.15) is 0 Å². The van der Waals surface area contributed by atoms with Crippen molar-refractivity contribution in [3.05, 3.63) is 95.1 Å². The molecule has 0 heterocycles. The second-order valence-corrected chi connectivity index (χ2v) is 9.61. The number of benzene rings is 3. The van der Waals surface area contributed by atoms with Crippen molar-refractivity contribution in [2.45, 2.75) is 58.8 Å². The van der Waals surface area contributed by atoms with Gasteiger partial charge in [-0.05, 0) is 50.6 Å². The van der Waals surface area contributed by atoms with Gasteiger partial charge in [-0.2, -0.15) is 0 Å². The third-order valence-corrected chi connectivity index (χ3v) is 5.28. The van der Waals surface area contributed by atoms with Crippen LogP contribution in [-0.4, -0.2) is 0 Å². The molecule has 0 nitrogen and oxygen atoms in total. The van der Waals surface area contributed by atoms with E-state index in [9.17, 15) is 0 Å². The highest BCUT2D eigenvalue weighted by Crippen LogP contribution is 2.32. The molecule has 0 amide bonds. The molecular formula is C27H32. The molecule has 0 spiro atoms. The molecule has 0 bridgehead atoms. The van der Waals surface area contributed by atoms with Crippen LogP contribution in [0.2, 0.25) is 0 Å². The van der Waals surface area contributed by atoms with Crippen molar-refractivity contribution in [2.75, 3.05) is 0 Å². The molecule has 0 saturated heterocycles. The van der Waals surface area contributed by atoms with Gasteiger partial charge in [0.15, 0.2) is 0 Å². The lowest BCUT2D eigenvalue weighted by atomic mass is 9.83. The second kappa shape index (κ2) is 7.35. The molecule has 0 unspecified atom stereocenters. The smallest absolute Gasteiger partial charge is 0.00196 e. The number of hydrogen-bond donors (Lipinski definition) is 0. The van der Waals surface area contributed by atoms with E-state index >= 15 is 0 Å². The molecule has 0 radical (unpaired) electrons. The van der Waals surface area contributed by atoms with E-state index in [-0.39, 0.29) is 10.8 Å². The van der Waals surface area contributed by atoms with Crippen molar-refractivity contribution >= 4 is 0 Å². The topological polar surface area (TPSA) is 0 Å². The van der Waals surface area contributed by atoms with Gasteiger partial charge in [-0.25, -0.2) is 0 Å². The molecule has 0 aliphatic rings. The summed E-state index contributed by atoms with van der Waals surface area (Å²) in [4.78, 5) is 0. The van der Waals surface area contributed by atoms with E-state index in [0.29, 0.717) is 0 Å². The van der Waals surface area contributed by atoms with Gasteiger partial charge >= 0.3 is 0 Å². The van der Waals surface area contributed by atoms with E-state index in [2.05, 4.69) is 114 Å². The Labute approximate surface area is 165 Å². The lowest BCUT2D eigenvalue weighted by molar-refractivity contribution is 0.590. The summed E-state index contributed by atoms with van der Waals surface area (Å²) in [6, 6.07) is 26.9. The minimum Gasteiger partial charge on any atom is -0.0622 e. The van der Waals surface area contributed by atoms with E-state index in [1.54, 1.807) is 0 Å². The molecule has 0 atom stereocenters. The summed E-state index contributed by atoms with van der Waals surface area (Å²) in [5.41, 5.74) is 8.51. The lowest BCUT2D eigenvalue weighted by Gasteiger charge is -2.22. The van der Waals surface area contributed by atoms with Gasteiger partial charge in [0.05, 0.1) is 0 Å². The normalized spacial score (nSPS) is 12.2. The van der Waals surface area contributed by atoms with Crippen LogP contribution in [0.4, 0.5) is 0 Å². The van der Waals surface area contributed by atoms with Gasteiger partial charge < -0.3 is 0 Å². The van der Waals surface area contributed by atoms with Crippen LogP contribution in [0.15, 0.2) is 72.8 Å². The highest BCUT2D eigenvalue weighted by Gasteiger charge is 2.17. The lowest BCUT2D eigenvalue weighted by Crippen LogP contribution is -2.12. The molecule has 140 valence electrons. The highest BCUT2D eigenvalue weighted by atomic mass is 14.2. The largest absolute Gasteiger partial charge is 0.0622 e. The van der Waals surface area contributed by atoms with E-state index in [0.717, 1.165) is 6.42 Å². The Kier molecular flexibility index (Phi) is 5.29. The van der Waals surface area contributed by atoms with Crippen molar-refractivity contribution in [1.82, 2.24) is 0 Å². The molecule has 27 heavy (non-hydrogen) atoms. The van der Waals surface area contributed by atoms with E-state index in [1.165, 1.54) is 33.4 Å². The molecule has 0 heteroatoms. The first kappa shape index (κ1) is 19.4. The SMILES string of the molecule is CC(C)(C)c1ccc(Cc2ccc(C(C)(C)C)cc2-c2ccccc2)cc1. The van der Waals surface area contributed by atoms with Gasteiger partial charge in [-0.3, -0.25) is 0 Å². The fraction of sp³-hybridized carbons (Fsp3) is 0.333. The van der Waals surface area contributed by atoms with Gasteiger partial charge in [0.2, 0.25) is 0 Å². The average molecular weight is 357 g/mol. The minimum atomic E-state index is 0.149. The zero-order valence-corrected chi connectivity index (χ0v) is 17.6. The summed E-state index contributed by atoms with van der Waals surface area (Å²) in [6.07, 6.45) is 0.957. The minimum absolute atomic E-state index is 0.149. The van der Waals surface area contributed by atoms with Crippen molar-refractivity contribution in [1.29, 1.82) is 0 Å². The third kappa shape index (κ3) is 4.69. The Hall–Kier alpha value is -2.34. The van der Waals surface area contributed by atoms with Crippen LogP contribution >= 0.6 is 0 Å². The number of rotatable bonds is 3. The Balaban J connectivity index is 2.00. The molecular weight excluding hydrogens is 324 g/mol. The first-order chi connectivity index (χ1) is 12.6. The van der Waals surface area contributed by atoms with Crippen LogP contribution in [0, 0.1) is 0 Å². The van der Waals surface area contributed by atoms with E-state index in [4.69, 9.17) is 0 Å². The van der Waals surface area contributed by atoms with Gasteiger partial charge in [-0.15, -0.1) is 0 Å². The maximum Gasteiger partial charge on any atom is -0.00196 e. The Morgan fingerprint density at radius 3 is 1.70 bits per heavy atom. The van der Waals surface area contributed by atoms with Crippen molar-refractivity contribution < 1.29 is 0 Å². The zero-order chi connectivity index (χ0) is 19.7. The summed E-state index contributed by atoms with van der Waals surface area (Å²) in [6.45, 7) is 13.6. The van der Waals surface area contributed by atoms with Crippen LogP contribution in [-0.2, 0) is 17.3 Å². The molecule has 0 saturated carbocycles. The fourth-order valence-corrected chi connectivity index (χ4v) is 3.43. The molecule has 3 rings (SSSR count). The van der Waals surface area contributed by atoms with E-state index in [1.807, 2.05) is 0 Å². The molecule has 0 aromatic heterocycles. The zero-order valence-electron chi connectivity index (χ0n) is 17.6. The fourth-order valence-electron chi connectivity index (χ4n) is 3.43. The molecule has 0 aliphatic heterocycles. The van der Waals surface area contributed by atoms with Crippen molar-refractivity contribution in [3.63, 3.8) is 0 Å².